The Balaban J connectivity index is 1.41. The summed E-state index contributed by atoms with van der Waals surface area (Å²) in [5.41, 5.74) is 0.363. The average Bonchev–Trinajstić information content (AvgIpc) is 3.06. The van der Waals surface area contributed by atoms with Crippen LogP contribution in [0.1, 0.15) is 75.3 Å². The van der Waals surface area contributed by atoms with Gasteiger partial charge < -0.3 is 10.4 Å². The number of allylic oxidation sites excluding steroid dienone is 4. The molecule has 1 aliphatic heterocycles. The fourth-order valence-electron chi connectivity index (χ4n) is 8.89. The third-order valence-electron chi connectivity index (χ3n) is 11.0. The van der Waals surface area contributed by atoms with Crippen molar-refractivity contribution >= 4 is 5.78 Å². The summed E-state index contributed by atoms with van der Waals surface area (Å²) in [6, 6.07) is 8.06. The van der Waals surface area contributed by atoms with Crippen molar-refractivity contribution in [3.8, 4) is 0 Å². The number of benzene rings is 1. The molecule has 1 aromatic rings. The number of alkyl halides is 5. The maximum Gasteiger partial charge on any atom is 0.456 e. The number of fused-ring (bicyclic) bond motifs is 4. The zero-order valence-electron chi connectivity index (χ0n) is 23.5. The number of hydrogen-bond donors (Lipinski definition) is 2. The van der Waals surface area contributed by atoms with Crippen LogP contribution in [-0.2, 0) is 11.3 Å². The van der Waals surface area contributed by atoms with Gasteiger partial charge in [-0.2, -0.15) is 22.0 Å². The second kappa shape index (κ2) is 10.3. The lowest BCUT2D eigenvalue weighted by atomic mass is 9.50. The van der Waals surface area contributed by atoms with E-state index in [0.29, 0.717) is 25.7 Å². The predicted octanol–water partition coefficient (Wildman–Crippen LogP) is 6.31. The van der Waals surface area contributed by atoms with Crippen molar-refractivity contribution < 1.29 is 31.9 Å². The van der Waals surface area contributed by atoms with Crippen LogP contribution in [0.4, 0.5) is 22.0 Å². The standard InChI is InChI=1S/C32H39F5N2O2/c1-29-18-26(21-5-3-20(4-6-21)19-39-15-2-13-38-14-16-39)28-24-10-8-23(40)17-22(24)7-9-25(28)27(29)11-12-30(29,41)31(33,34)32(35,36)37/h3-6,17,25-27,38,41H,2,7-16,18-19H2,1H3/t25-,26+,27-,29-,30-/m0/s1. The summed E-state index contributed by atoms with van der Waals surface area (Å²) in [6.07, 6.45) is -1.39. The van der Waals surface area contributed by atoms with Crippen LogP contribution in [0, 0.1) is 17.3 Å². The third-order valence-corrected chi connectivity index (χ3v) is 11.0. The van der Waals surface area contributed by atoms with Crippen LogP contribution in [0.15, 0.2) is 47.1 Å². The highest BCUT2D eigenvalue weighted by Crippen LogP contribution is 2.70. The molecule has 0 radical (unpaired) electrons. The van der Waals surface area contributed by atoms with Gasteiger partial charge in [-0.3, -0.25) is 9.69 Å². The van der Waals surface area contributed by atoms with Gasteiger partial charge in [-0.05, 0) is 98.2 Å². The molecule has 0 bridgehead atoms. The van der Waals surface area contributed by atoms with Gasteiger partial charge in [0.25, 0.3) is 0 Å². The molecular weight excluding hydrogens is 539 g/mol. The normalized spacial score (nSPS) is 35.0. The van der Waals surface area contributed by atoms with Crippen LogP contribution in [-0.4, -0.2) is 59.7 Å². The van der Waals surface area contributed by atoms with Crippen LogP contribution in [0.3, 0.4) is 0 Å². The lowest BCUT2D eigenvalue weighted by Gasteiger charge is -2.56. The van der Waals surface area contributed by atoms with Crippen LogP contribution in [0.25, 0.3) is 0 Å². The molecule has 2 N–H and O–H groups in total. The lowest BCUT2D eigenvalue weighted by molar-refractivity contribution is -0.362. The van der Waals surface area contributed by atoms with Crippen molar-refractivity contribution in [2.24, 2.45) is 17.3 Å². The highest BCUT2D eigenvalue weighted by Gasteiger charge is 2.79. The molecule has 1 saturated heterocycles. The summed E-state index contributed by atoms with van der Waals surface area (Å²) < 4.78 is 71.6. The van der Waals surface area contributed by atoms with Gasteiger partial charge in [0.1, 0.15) is 5.60 Å². The summed E-state index contributed by atoms with van der Waals surface area (Å²) >= 11 is 0. The lowest BCUT2D eigenvalue weighted by Crippen LogP contribution is -2.65. The number of hydrogen-bond acceptors (Lipinski definition) is 4. The molecule has 5 atom stereocenters. The number of nitrogens with one attached hydrogen (secondary N) is 1. The molecule has 9 heteroatoms. The molecule has 224 valence electrons. The van der Waals surface area contributed by atoms with Crippen LogP contribution < -0.4 is 5.32 Å². The Morgan fingerprint density at radius 2 is 1.78 bits per heavy atom. The van der Waals surface area contributed by atoms with E-state index in [4.69, 9.17) is 0 Å². The monoisotopic (exact) mass is 578 g/mol. The van der Waals surface area contributed by atoms with E-state index in [1.165, 1.54) is 6.92 Å². The number of aliphatic hydroxyl groups is 1. The minimum Gasteiger partial charge on any atom is -0.383 e. The molecule has 0 unspecified atom stereocenters. The summed E-state index contributed by atoms with van der Waals surface area (Å²) in [5, 5.41) is 14.8. The van der Waals surface area contributed by atoms with E-state index in [1.54, 1.807) is 6.08 Å². The van der Waals surface area contributed by atoms with E-state index in [1.807, 2.05) is 24.3 Å². The van der Waals surface area contributed by atoms with E-state index in [2.05, 4.69) is 10.2 Å². The molecule has 1 heterocycles. The molecule has 1 aromatic carbocycles. The minimum absolute atomic E-state index is 0.00748. The minimum atomic E-state index is -5.84. The van der Waals surface area contributed by atoms with Crippen molar-refractivity contribution in [3.05, 3.63) is 58.2 Å². The fraction of sp³-hybridized carbons (Fsp3) is 0.656. The number of carbonyl (C=O) groups is 1. The third kappa shape index (κ3) is 4.61. The van der Waals surface area contributed by atoms with E-state index in [-0.39, 0.29) is 24.5 Å². The van der Waals surface area contributed by atoms with Crippen molar-refractivity contribution in [1.82, 2.24) is 10.2 Å². The number of nitrogens with zero attached hydrogens (tertiary/aromatic N) is 1. The summed E-state index contributed by atoms with van der Waals surface area (Å²) in [6.45, 7) is 6.13. The molecule has 2 saturated carbocycles. The first-order chi connectivity index (χ1) is 19.4. The summed E-state index contributed by atoms with van der Waals surface area (Å²) in [4.78, 5) is 14.6. The maximum absolute atomic E-state index is 15.2. The average molecular weight is 579 g/mol. The zero-order chi connectivity index (χ0) is 29.2. The molecule has 0 aromatic heterocycles. The van der Waals surface area contributed by atoms with Crippen molar-refractivity contribution in [2.75, 3.05) is 26.2 Å². The van der Waals surface area contributed by atoms with Gasteiger partial charge in [-0.1, -0.05) is 36.8 Å². The quantitative estimate of drug-likeness (QED) is 0.412. The van der Waals surface area contributed by atoms with E-state index in [0.717, 1.165) is 67.0 Å². The second-order valence-electron chi connectivity index (χ2n) is 13.1. The van der Waals surface area contributed by atoms with Crippen molar-refractivity contribution in [3.63, 3.8) is 0 Å². The largest absolute Gasteiger partial charge is 0.456 e. The molecule has 0 amide bonds. The Morgan fingerprint density at radius 1 is 1.02 bits per heavy atom. The molecule has 6 rings (SSSR count). The molecule has 5 aliphatic rings. The fourth-order valence-corrected chi connectivity index (χ4v) is 8.89. The molecule has 41 heavy (non-hydrogen) atoms. The first kappa shape index (κ1) is 29.0. The second-order valence-corrected chi connectivity index (χ2v) is 13.1. The molecule has 4 nitrogen and oxygen atoms in total. The summed E-state index contributed by atoms with van der Waals surface area (Å²) in [7, 11) is 0. The Bertz CT molecular complexity index is 1250. The van der Waals surface area contributed by atoms with Gasteiger partial charge in [-0.25, -0.2) is 0 Å². The van der Waals surface area contributed by atoms with Gasteiger partial charge in [0.15, 0.2) is 5.78 Å². The SMILES string of the molecule is C[C@]12C[C@H](c3ccc(CN4CCCNCC4)cc3)C3=C4CCC(=O)C=C4CC[C@H]3[C@@H]1CC[C@@]2(O)C(F)(F)C(F)(F)F. The van der Waals surface area contributed by atoms with E-state index in [9.17, 15) is 23.1 Å². The van der Waals surface area contributed by atoms with Crippen molar-refractivity contribution in [1.29, 1.82) is 0 Å². The Kier molecular flexibility index (Phi) is 7.26. The Hall–Kier alpha value is -2.10. The number of rotatable bonds is 4. The number of carbonyl (C=O) groups excluding carboxylic acids is 1. The molecular formula is C32H39F5N2O2. The molecule has 0 spiro atoms. The Labute approximate surface area is 238 Å². The highest BCUT2D eigenvalue weighted by atomic mass is 19.4. The Morgan fingerprint density at radius 3 is 2.51 bits per heavy atom. The number of ketones is 1. The van der Waals surface area contributed by atoms with Gasteiger partial charge >= 0.3 is 12.1 Å². The first-order valence-electron chi connectivity index (χ1n) is 15.0. The molecule has 3 fully saturated rings. The van der Waals surface area contributed by atoms with E-state index < -0.39 is 41.4 Å². The van der Waals surface area contributed by atoms with E-state index >= 15 is 8.78 Å². The predicted molar refractivity (Wildman–Crippen MR) is 145 cm³/mol. The van der Waals surface area contributed by atoms with Gasteiger partial charge in [0.05, 0.1) is 0 Å². The topological polar surface area (TPSA) is 52.6 Å². The van der Waals surface area contributed by atoms with Crippen LogP contribution in [0.2, 0.25) is 0 Å². The summed E-state index contributed by atoms with van der Waals surface area (Å²) in [5.74, 6) is -6.25. The van der Waals surface area contributed by atoms with Crippen LogP contribution in [0.5, 0.6) is 0 Å². The van der Waals surface area contributed by atoms with Gasteiger partial charge in [-0.15, -0.1) is 0 Å². The number of halogens is 5. The van der Waals surface area contributed by atoms with Gasteiger partial charge in [0, 0.05) is 37.4 Å². The smallest absolute Gasteiger partial charge is 0.383 e. The highest BCUT2D eigenvalue weighted by molar-refractivity contribution is 5.93. The van der Waals surface area contributed by atoms with Crippen molar-refractivity contribution in [2.45, 2.75) is 88.5 Å². The van der Waals surface area contributed by atoms with Gasteiger partial charge in [0.2, 0.25) is 0 Å². The zero-order valence-corrected chi connectivity index (χ0v) is 23.5. The first-order valence-corrected chi connectivity index (χ1v) is 15.0. The van der Waals surface area contributed by atoms with Crippen LogP contribution >= 0.6 is 0 Å². The molecule has 4 aliphatic carbocycles. The maximum atomic E-state index is 15.2.